The van der Waals surface area contributed by atoms with Gasteiger partial charge in [0, 0.05) is 49.4 Å². The molecule has 1 saturated heterocycles. The predicted octanol–water partition coefficient (Wildman–Crippen LogP) is 5.52. The van der Waals surface area contributed by atoms with Gasteiger partial charge in [-0.25, -0.2) is 9.48 Å². The summed E-state index contributed by atoms with van der Waals surface area (Å²) in [5.74, 6) is 0. The molecule has 234 valence electrons. The fraction of sp³-hybridized carbons (Fsp3) is 0.484. The van der Waals surface area contributed by atoms with Gasteiger partial charge in [-0.3, -0.25) is 4.68 Å². The molecule has 4 aromatic rings. The van der Waals surface area contributed by atoms with Crippen LogP contribution in [0, 0.1) is 0 Å². The monoisotopic (exact) mass is 641 g/mol. The minimum atomic E-state index is -0.749. The Hall–Kier alpha value is -3.22. The molecular formula is C31H37Cl2N7O4. The summed E-state index contributed by atoms with van der Waals surface area (Å²) < 4.78 is 9.27. The minimum absolute atomic E-state index is 0.286. The van der Waals surface area contributed by atoms with Crippen molar-refractivity contribution in [2.75, 3.05) is 26.2 Å². The molecule has 44 heavy (non-hydrogen) atoms. The number of β-amino-alcohol motifs (C(OH)–C–C–N with tert-alkyl or cyclic N) is 1. The van der Waals surface area contributed by atoms with E-state index in [1.807, 2.05) is 33.6 Å². The maximum Gasteiger partial charge on any atom is 0.528 e. The molecule has 0 spiro atoms. The molecule has 1 unspecified atom stereocenters. The summed E-state index contributed by atoms with van der Waals surface area (Å²) in [6.07, 6.45) is 1.08. The summed E-state index contributed by atoms with van der Waals surface area (Å²) in [6.45, 7) is 8.77. The second-order valence-corrected chi connectivity index (χ2v) is 13.3. The molecule has 1 atom stereocenters. The molecule has 0 amide bonds. The Bertz CT molecular complexity index is 1640. The summed E-state index contributed by atoms with van der Waals surface area (Å²) in [4.78, 5) is 20.2. The van der Waals surface area contributed by atoms with Crippen LogP contribution in [-0.2, 0) is 29.1 Å². The van der Waals surface area contributed by atoms with Crippen molar-refractivity contribution in [3.8, 4) is 11.3 Å². The first-order chi connectivity index (χ1) is 21.0. The molecule has 0 saturated carbocycles. The lowest BCUT2D eigenvalue weighted by Gasteiger charge is -2.33. The van der Waals surface area contributed by atoms with Crippen molar-refractivity contribution in [1.82, 2.24) is 34.7 Å². The first-order valence-electron chi connectivity index (χ1n) is 14.9. The normalized spacial score (nSPS) is 17.5. The number of benzene rings is 2. The van der Waals surface area contributed by atoms with Gasteiger partial charge in [-0.15, -0.1) is 10.2 Å². The van der Waals surface area contributed by atoms with Crippen molar-refractivity contribution < 1.29 is 19.5 Å². The molecule has 0 radical (unpaired) electrons. The third-order valence-electron chi connectivity index (χ3n) is 8.02. The molecule has 13 heteroatoms. The van der Waals surface area contributed by atoms with Crippen molar-refractivity contribution >= 4 is 40.4 Å². The third-order valence-corrected chi connectivity index (χ3v) is 8.76. The molecule has 2 aliphatic rings. The second kappa shape index (κ2) is 12.6. The topological polar surface area (TPSA) is 111 Å². The number of ether oxygens (including phenoxy) is 1. The van der Waals surface area contributed by atoms with Crippen LogP contribution in [0.3, 0.4) is 0 Å². The maximum atomic E-state index is 12.4. The van der Waals surface area contributed by atoms with E-state index >= 15 is 0 Å². The number of hydroxylamine groups is 2. The number of halogens is 2. The average molecular weight is 643 g/mol. The molecule has 1 N–H and O–H groups in total. The number of aromatic nitrogens is 5. The van der Waals surface area contributed by atoms with Crippen LogP contribution in [0.25, 0.3) is 22.3 Å². The standard InChI is InChI=1S/C31H37Cl2N7O4/c1-31(2,3)43-30(42)44-38-15-12-27-23(19-38)29(20-8-9-24(32)25(33)16-20)35-39(27)18-22(41)17-37-13-10-21(11-14-37)40-28-7-5-4-6-26(28)34-36-40/h4-9,16,21-22,41H,10-15,17-19H2,1-3H3. The average Bonchev–Trinajstić information content (AvgIpc) is 3.55. The number of likely N-dealkylation sites (tertiary alicyclic amines) is 1. The van der Waals surface area contributed by atoms with E-state index in [2.05, 4.69) is 21.3 Å². The highest BCUT2D eigenvalue weighted by molar-refractivity contribution is 6.42. The zero-order valence-corrected chi connectivity index (χ0v) is 26.6. The molecule has 1 fully saturated rings. The van der Waals surface area contributed by atoms with Gasteiger partial charge in [0.15, 0.2) is 0 Å². The molecular weight excluding hydrogens is 605 g/mol. The van der Waals surface area contributed by atoms with E-state index in [1.165, 1.54) is 0 Å². The number of fused-ring (bicyclic) bond motifs is 2. The van der Waals surface area contributed by atoms with Gasteiger partial charge in [0.05, 0.1) is 46.5 Å². The van der Waals surface area contributed by atoms with E-state index in [0.717, 1.165) is 53.8 Å². The summed E-state index contributed by atoms with van der Waals surface area (Å²) in [5, 5.41) is 27.3. The Labute approximate surface area is 266 Å². The molecule has 2 aromatic heterocycles. The zero-order chi connectivity index (χ0) is 31.0. The van der Waals surface area contributed by atoms with Crippen molar-refractivity contribution in [3.05, 3.63) is 63.8 Å². The molecule has 4 heterocycles. The van der Waals surface area contributed by atoms with Crippen molar-refractivity contribution in [3.63, 3.8) is 0 Å². The van der Waals surface area contributed by atoms with Crippen molar-refractivity contribution in [1.29, 1.82) is 0 Å². The van der Waals surface area contributed by atoms with E-state index in [-0.39, 0.29) is 6.04 Å². The smallest absolute Gasteiger partial charge is 0.427 e. The van der Waals surface area contributed by atoms with Gasteiger partial charge in [-0.2, -0.15) is 5.10 Å². The minimum Gasteiger partial charge on any atom is -0.427 e. The SMILES string of the molecule is CC(C)(C)OC(=O)ON1CCc2c(c(-c3ccc(Cl)c(Cl)c3)nn2CC(O)CN2CCC(n3nnc4ccccc43)CC2)C1. The Morgan fingerprint density at radius 3 is 2.59 bits per heavy atom. The van der Waals surface area contributed by atoms with Gasteiger partial charge < -0.3 is 19.6 Å². The first kappa shape index (κ1) is 30.8. The number of hydrogen-bond donors (Lipinski definition) is 1. The van der Waals surface area contributed by atoms with Gasteiger partial charge in [0.25, 0.3) is 0 Å². The molecule has 0 bridgehead atoms. The fourth-order valence-electron chi connectivity index (χ4n) is 6.00. The summed E-state index contributed by atoms with van der Waals surface area (Å²) >= 11 is 12.6. The van der Waals surface area contributed by atoms with Crippen LogP contribution < -0.4 is 0 Å². The lowest BCUT2D eigenvalue weighted by molar-refractivity contribution is -0.151. The van der Waals surface area contributed by atoms with Gasteiger partial charge in [-0.05, 0) is 57.9 Å². The number of nitrogens with zero attached hydrogens (tertiary/aromatic N) is 7. The largest absolute Gasteiger partial charge is 0.528 e. The highest BCUT2D eigenvalue weighted by atomic mass is 35.5. The fourth-order valence-corrected chi connectivity index (χ4v) is 6.30. The van der Waals surface area contributed by atoms with Crippen LogP contribution in [0.4, 0.5) is 4.79 Å². The van der Waals surface area contributed by atoms with E-state index in [9.17, 15) is 9.90 Å². The Morgan fingerprint density at radius 2 is 1.84 bits per heavy atom. The van der Waals surface area contributed by atoms with Crippen LogP contribution in [0.15, 0.2) is 42.5 Å². The van der Waals surface area contributed by atoms with Crippen LogP contribution in [0.2, 0.25) is 10.0 Å². The highest BCUT2D eigenvalue weighted by Crippen LogP contribution is 2.34. The van der Waals surface area contributed by atoms with E-state index in [0.29, 0.717) is 48.3 Å². The molecule has 2 aromatic carbocycles. The van der Waals surface area contributed by atoms with Gasteiger partial charge in [0.2, 0.25) is 0 Å². The zero-order valence-electron chi connectivity index (χ0n) is 25.1. The summed E-state index contributed by atoms with van der Waals surface area (Å²) in [7, 11) is 0. The van der Waals surface area contributed by atoms with E-state index in [4.69, 9.17) is 37.9 Å². The number of aliphatic hydroxyl groups is 1. The number of carbonyl (C=O) groups excluding carboxylic acids is 1. The molecule has 11 nitrogen and oxygen atoms in total. The maximum absolute atomic E-state index is 12.4. The number of para-hydroxylation sites is 1. The number of carbonyl (C=O) groups is 1. The lowest BCUT2D eigenvalue weighted by Crippen LogP contribution is -2.41. The first-order valence-corrected chi connectivity index (χ1v) is 15.7. The predicted molar refractivity (Wildman–Crippen MR) is 167 cm³/mol. The Kier molecular flexibility index (Phi) is 8.85. The number of piperidine rings is 1. The van der Waals surface area contributed by atoms with E-state index in [1.54, 1.807) is 38.0 Å². The Morgan fingerprint density at radius 1 is 1.07 bits per heavy atom. The van der Waals surface area contributed by atoms with Gasteiger partial charge in [-0.1, -0.05) is 46.6 Å². The second-order valence-electron chi connectivity index (χ2n) is 12.5. The quantitative estimate of drug-likeness (QED) is 0.261. The van der Waals surface area contributed by atoms with Crippen LogP contribution in [-0.4, -0.2) is 83.9 Å². The number of aliphatic hydroxyl groups excluding tert-OH is 1. The van der Waals surface area contributed by atoms with E-state index < -0.39 is 17.9 Å². The highest BCUT2D eigenvalue weighted by Gasteiger charge is 2.31. The molecule has 2 aliphatic heterocycles. The molecule has 6 rings (SSSR count). The molecule has 0 aliphatic carbocycles. The summed E-state index contributed by atoms with van der Waals surface area (Å²) in [5.41, 5.74) is 4.71. The van der Waals surface area contributed by atoms with Crippen LogP contribution in [0.1, 0.15) is 50.9 Å². The van der Waals surface area contributed by atoms with Crippen LogP contribution >= 0.6 is 23.2 Å². The van der Waals surface area contributed by atoms with Crippen LogP contribution in [0.5, 0.6) is 0 Å². The van der Waals surface area contributed by atoms with Gasteiger partial charge in [0.1, 0.15) is 11.1 Å². The lowest BCUT2D eigenvalue weighted by atomic mass is 10.0. The van der Waals surface area contributed by atoms with Gasteiger partial charge >= 0.3 is 6.16 Å². The van der Waals surface area contributed by atoms with Crippen molar-refractivity contribution in [2.45, 2.75) is 70.9 Å². The third kappa shape index (κ3) is 6.87. The van der Waals surface area contributed by atoms with Crippen molar-refractivity contribution in [2.24, 2.45) is 0 Å². The number of rotatable bonds is 7. The number of hydrogen-bond acceptors (Lipinski definition) is 9. The Balaban J connectivity index is 1.14. The summed E-state index contributed by atoms with van der Waals surface area (Å²) in [6, 6.07) is 13.7.